The van der Waals surface area contributed by atoms with Crippen LogP contribution >= 0.6 is 0 Å². The Morgan fingerprint density at radius 2 is 1.75 bits per heavy atom. The molecule has 1 aromatic carbocycles. The highest BCUT2D eigenvalue weighted by Crippen LogP contribution is 2.19. The molecule has 0 spiro atoms. The van der Waals surface area contributed by atoms with Gasteiger partial charge < -0.3 is 25.8 Å². The summed E-state index contributed by atoms with van der Waals surface area (Å²) in [6, 6.07) is 6.45. The summed E-state index contributed by atoms with van der Waals surface area (Å²) in [5.41, 5.74) is -0.150. The van der Waals surface area contributed by atoms with Gasteiger partial charge in [-0.05, 0) is 18.2 Å². The summed E-state index contributed by atoms with van der Waals surface area (Å²) in [5, 5.41) is 17.7. The van der Waals surface area contributed by atoms with Gasteiger partial charge in [-0.1, -0.05) is 6.07 Å². The van der Waals surface area contributed by atoms with Crippen molar-refractivity contribution in [3.8, 4) is 0 Å². The Morgan fingerprint density at radius 1 is 1.12 bits per heavy atom. The van der Waals surface area contributed by atoms with Crippen LogP contribution in [-0.4, -0.2) is 48.2 Å². The molecule has 4 N–H and O–H groups in total. The first-order valence-electron chi connectivity index (χ1n) is 7.65. The second-order valence-electron chi connectivity index (χ2n) is 5.74. The molecular weight excluding hydrogens is 314 g/mol. The maximum atomic E-state index is 11.9. The molecule has 0 bridgehead atoms. The van der Waals surface area contributed by atoms with Gasteiger partial charge in [0.1, 0.15) is 0 Å². The molecule has 1 saturated heterocycles. The zero-order valence-corrected chi connectivity index (χ0v) is 13.4. The number of carbonyl (C=O) groups is 3. The Bertz CT molecular complexity index is 626. The fraction of sp³-hybridized carbons (Fsp3) is 0.438. The standard InChI is InChI=1S/C16H21N3O5/c1-11(20)18-12-3-2-4-13(9-12)19-15(22)14(21)17-10-16(23)5-7-24-8-6-16/h2-4,9,23H,5-8,10H2,1H3,(H,17,21)(H,18,20)(H,19,22). The zero-order valence-electron chi connectivity index (χ0n) is 13.4. The van der Waals surface area contributed by atoms with E-state index in [9.17, 15) is 19.5 Å². The molecule has 1 aliphatic rings. The first kappa shape index (κ1) is 17.9. The quantitative estimate of drug-likeness (QED) is 0.588. The van der Waals surface area contributed by atoms with Crippen molar-refractivity contribution in [2.75, 3.05) is 30.4 Å². The lowest BCUT2D eigenvalue weighted by Crippen LogP contribution is -2.48. The Hall–Kier alpha value is -2.45. The van der Waals surface area contributed by atoms with Gasteiger partial charge in [0.05, 0.1) is 5.60 Å². The van der Waals surface area contributed by atoms with Crippen LogP contribution < -0.4 is 16.0 Å². The van der Waals surface area contributed by atoms with Crippen molar-refractivity contribution in [2.24, 2.45) is 0 Å². The van der Waals surface area contributed by atoms with Gasteiger partial charge in [-0.15, -0.1) is 0 Å². The van der Waals surface area contributed by atoms with E-state index in [-0.39, 0.29) is 12.5 Å². The molecule has 1 heterocycles. The molecule has 0 aromatic heterocycles. The van der Waals surface area contributed by atoms with Crippen LogP contribution in [0.15, 0.2) is 24.3 Å². The van der Waals surface area contributed by atoms with Crippen molar-refractivity contribution in [3.63, 3.8) is 0 Å². The first-order valence-corrected chi connectivity index (χ1v) is 7.65. The number of carbonyl (C=O) groups excluding carboxylic acids is 3. The molecule has 0 saturated carbocycles. The number of aliphatic hydroxyl groups is 1. The van der Waals surface area contributed by atoms with E-state index in [1.807, 2.05) is 0 Å². The largest absolute Gasteiger partial charge is 0.388 e. The van der Waals surface area contributed by atoms with Gasteiger partial charge in [0.25, 0.3) is 0 Å². The second-order valence-corrected chi connectivity index (χ2v) is 5.74. The predicted octanol–water partition coefficient (Wildman–Crippen LogP) is 0.241. The van der Waals surface area contributed by atoms with Crippen molar-refractivity contribution in [2.45, 2.75) is 25.4 Å². The number of anilines is 2. The van der Waals surface area contributed by atoms with Crippen LogP contribution in [0.2, 0.25) is 0 Å². The van der Waals surface area contributed by atoms with Gasteiger partial charge in [0, 0.05) is 50.9 Å². The lowest BCUT2D eigenvalue weighted by molar-refractivity contribution is -0.137. The van der Waals surface area contributed by atoms with Crippen molar-refractivity contribution < 1.29 is 24.2 Å². The van der Waals surface area contributed by atoms with E-state index in [0.29, 0.717) is 37.4 Å². The fourth-order valence-electron chi connectivity index (χ4n) is 2.32. The van der Waals surface area contributed by atoms with Crippen molar-refractivity contribution in [3.05, 3.63) is 24.3 Å². The molecule has 2 rings (SSSR count). The normalized spacial score (nSPS) is 16.1. The van der Waals surface area contributed by atoms with Gasteiger partial charge in [0.2, 0.25) is 5.91 Å². The van der Waals surface area contributed by atoms with Crippen LogP contribution in [0.1, 0.15) is 19.8 Å². The minimum atomic E-state index is -1.04. The monoisotopic (exact) mass is 335 g/mol. The summed E-state index contributed by atoms with van der Waals surface area (Å²) in [7, 11) is 0. The third-order valence-corrected chi connectivity index (χ3v) is 3.65. The number of hydrogen-bond acceptors (Lipinski definition) is 5. The molecule has 0 unspecified atom stereocenters. The van der Waals surface area contributed by atoms with E-state index < -0.39 is 17.4 Å². The summed E-state index contributed by atoms with van der Waals surface area (Å²) in [5.74, 6) is -1.91. The number of hydrogen-bond donors (Lipinski definition) is 4. The molecule has 8 heteroatoms. The van der Waals surface area contributed by atoms with E-state index in [2.05, 4.69) is 16.0 Å². The topological polar surface area (TPSA) is 117 Å². The average Bonchev–Trinajstić information content (AvgIpc) is 2.53. The third kappa shape index (κ3) is 5.32. The maximum Gasteiger partial charge on any atom is 0.313 e. The van der Waals surface area contributed by atoms with E-state index >= 15 is 0 Å². The highest BCUT2D eigenvalue weighted by Gasteiger charge is 2.30. The van der Waals surface area contributed by atoms with E-state index in [0.717, 1.165) is 0 Å². The minimum absolute atomic E-state index is 0.00541. The van der Waals surface area contributed by atoms with Crippen LogP contribution in [0.5, 0.6) is 0 Å². The highest BCUT2D eigenvalue weighted by atomic mass is 16.5. The van der Waals surface area contributed by atoms with Gasteiger partial charge >= 0.3 is 11.8 Å². The summed E-state index contributed by atoms with van der Waals surface area (Å²) in [6.07, 6.45) is 0.821. The lowest BCUT2D eigenvalue weighted by Gasteiger charge is -2.31. The van der Waals surface area contributed by atoms with Gasteiger partial charge in [-0.3, -0.25) is 14.4 Å². The molecule has 0 radical (unpaired) electrons. The van der Waals surface area contributed by atoms with Crippen LogP contribution in [0.3, 0.4) is 0 Å². The van der Waals surface area contributed by atoms with Crippen LogP contribution in [-0.2, 0) is 19.1 Å². The molecule has 1 aromatic rings. The molecule has 0 atom stereocenters. The lowest BCUT2D eigenvalue weighted by atomic mass is 9.94. The number of ether oxygens (including phenoxy) is 1. The molecule has 1 aliphatic heterocycles. The van der Waals surface area contributed by atoms with Gasteiger partial charge in [-0.25, -0.2) is 0 Å². The van der Waals surface area contributed by atoms with Crippen LogP contribution in [0.25, 0.3) is 0 Å². The minimum Gasteiger partial charge on any atom is -0.388 e. The van der Waals surface area contributed by atoms with Crippen molar-refractivity contribution in [1.82, 2.24) is 5.32 Å². The van der Waals surface area contributed by atoms with Crippen molar-refractivity contribution in [1.29, 1.82) is 0 Å². The summed E-state index contributed by atoms with van der Waals surface area (Å²) in [6.45, 7) is 2.22. The number of amides is 3. The maximum absolute atomic E-state index is 11.9. The number of rotatable bonds is 4. The molecule has 1 fully saturated rings. The Kier molecular flexibility index (Phi) is 5.88. The van der Waals surface area contributed by atoms with Crippen LogP contribution in [0.4, 0.5) is 11.4 Å². The van der Waals surface area contributed by atoms with Crippen LogP contribution in [0, 0.1) is 0 Å². The Morgan fingerprint density at radius 3 is 2.38 bits per heavy atom. The second kappa shape index (κ2) is 7.89. The van der Waals surface area contributed by atoms with Gasteiger partial charge in [0.15, 0.2) is 0 Å². The molecule has 0 aliphatic carbocycles. The molecule has 24 heavy (non-hydrogen) atoms. The summed E-state index contributed by atoms with van der Waals surface area (Å²) in [4.78, 5) is 34.8. The Labute approximate surface area is 139 Å². The molecular formula is C16H21N3O5. The van der Waals surface area contributed by atoms with Crippen molar-refractivity contribution >= 4 is 29.1 Å². The highest BCUT2D eigenvalue weighted by molar-refractivity contribution is 6.39. The van der Waals surface area contributed by atoms with E-state index in [1.165, 1.54) is 6.92 Å². The Balaban J connectivity index is 1.87. The smallest absolute Gasteiger partial charge is 0.313 e. The first-order chi connectivity index (χ1) is 11.4. The SMILES string of the molecule is CC(=O)Nc1cccc(NC(=O)C(=O)NCC2(O)CCOCC2)c1. The number of nitrogens with one attached hydrogen (secondary N) is 3. The number of benzene rings is 1. The molecule has 8 nitrogen and oxygen atoms in total. The zero-order chi connectivity index (χ0) is 17.6. The molecule has 3 amide bonds. The van der Waals surface area contributed by atoms with Gasteiger partial charge in [-0.2, -0.15) is 0 Å². The molecule has 130 valence electrons. The predicted molar refractivity (Wildman–Crippen MR) is 87.4 cm³/mol. The third-order valence-electron chi connectivity index (χ3n) is 3.65. The fourth-order valence-corrected chi connectivity index (χ4v) is 2.32. The van der Waals surface area contributed by atoms with E-state index in [4.69, 9.17) is 4.74 Å². The summed E-state index contributed by atoms with van der Waals surface area (Å²) >= 11 is 0. The average molecular weight is 335 g/mol. The van der Waals surface area contributed by atoms with E-state index in [1.54, 1.807) is 24.3 Å². The summed E-state index contributed by atoms with van der Waals surface area (Å²) < 4.78 is 5.15.